The van der Waals surface area contributed by atoms with Crippen molar-refractivity contribution in [1.29, 1.82) is 0 Å². The Hall–Kier alpha value is -2.54. The Morgan fingerprint density at radius 1 is 1.27 bits per heavy atom. The number of Topliss-reactive ketones (excluding diaryl/α,β-unsaturated/α-hetero) is 1. The fourth-order valence-electron chi connectivity index (χ4n) is 2.56. The van der Waals surface area contributed by atoms with Crippen molar-refractivity contribution in [3.05, 3.63) is 48.4 Å². The Bertz CT molecular complexity index is 859. The van der Waals surface area contributed by atoms with E-state index in [1.807, 2.05) is 41.0 Å². The highest BCUT2D eigenvalue weighted by Crippen LogP contribution is 2.28. The highest BCUT2D eigenvalue weighted by Gasteiger charge is 2.16. The van der Waals surface area contributed by atoms with Crippen LogP contribution in [0.5, 0.6) is 5.75 Å². The molecule has 0 bridgehead atoms. The van der Waals surface area contributed by atoms with Gasteiger partial charge in [-0.25, -0.2) is 0 Å². The van der Waals surface area contributed by atoms with E-state index in [1.54, 1.807) is 32.1 Å². The number of hydrogen-bond acceptors (Lipinski definition) is 6. The highest BCUT2D eigenvalue weighted by molar-refractivity contribution is 7.99. The normalized spacial score (nSPS) is 10.8. The first-order valence-corrected chi connectivity index (χ1v) is 9.38. The molecule has 0 N–H and O–H groups in total. The highest BCUT2D eigenvalue weighted by atomic mass is 32.2. The maximum absolute atomic E-state index is 11.1. The van der Waals surface area contributed by atoms with Gasteiger partial charge in [-0.1, -0.05) is 23.9 Å². The van der Waals surface area contributed by atoms with Gasteiger partial charge >= 0.3 is 0 Å². The molecular weight excluding hydrogens is 350 g/mol. The summed E-state index contributed by atoms with van der Waals surface area (Å²) in [5.41, 5.74) is 0.930. The molecule has 26 heavy (non-hydrogen) atoms. The van der Waals surface area contributed by atoms with Crippen molar-refractivity contribution in [3.63, 3.8) is 0 Å². The van der Waals surface area contributed by atoms with Crippen molar-refractivity contribution >= 4 is 17.5 Å². The largest absolute Gasteiger partial charge is 0.497 e. The van der Waals surface area contributed by atoms with Crippen molar-refractivity contribution in [2.24, 2.45) is 0 Å². The summed E-state index contributed by atoms with van der Waals surface area (Å²) in [6.45, 7) is 2.16. The van der Waals surface area contributed by atoms with E-state index in [1.165, 1.54) is 0 Å². The first-order chi connectivity index (χ1) is 12.7. The van der Waals surface area contributed by atoms with Crippen molar-refractivity contribution < 1.29 is 13.9 Å². The van der Waals surface area contributed by atoms with Crippen LogP contribution in [0.15, 0.2) is 52.2 Å². The maximum atomic E-state index is 11.1. The summed E-state index contributed by atoms with van der Waals surface area (Å²) >= 11 is 1.60. The van der Waals surface area contributed by atoms with E-state index >= 15 is 0 Å². The summed E-state index contributed by atoms with van der Waals surface area (Å²) in [5, 5.41) is 9.55. The van der Waals surface area contributed by atoms with Gasteiger partial charge in [0.05, 0.1) is 19.9 Å². The standard InChI is InChI=1S/C19H21N3O3S/c1-14(23)6-5-11-26-19-21-20-18(15-7-3-8-16(12-15)24-2)22(19)13-17-9-4-10-25-17/h3-4,7-10,12H,5-6,11,13H2,1-2H3. The zero-order valence-corrected chi connectivity index (χ0v) is 15.7. The second-order valence-corrected chi connectivity index (χ2v) is 6.92. The minimum absolute atomic E-state index is 0.208. The number of aromatic nitrogens is 3. The zero-order chi connectivity index (χ0) is 18.4. The van der Waals surface area contributed by atoms with Crippen LogP contribution in [0.3, 0.4) is 0 Å². The van der Waals surface area contributed by atoms with Crippen LogP contribution in [-0.2, 0) is 11.3 Å². The van der Waals surface area contributed by atoms with Gasteiger partial charge < -0.3 is 13.9 Å². The van der Waals surface area contributed by atoms with E-state index in [-0.39, 0.29) is 5.78 Å². The molecule has 3 aromatic rings. The quantitative estimate of drug-likeness (QED) is 0.417. The van der Waals surface area contributed by atoms with Crippen molar-refractivity contribution in [1.82, 2.24) is 14.8 Å². The first-order valence-electron chi connectivity index (χ1n) is 8.39. The number of carbonyl (C=O) groups is 1. The number of ether oxygens (including phenoxy) is 1. The minimum Gasteiger partial charge on any atom is -0.497 e. The molecule has 3 rings (SSSR count). The second kappa shape index (κ2) is 8.71. The number of carbonyl (C=O) groups excluding carboxylic acids is 1. The maximum Gasteiger partial charge on any atom is 0.191 e. The molecule has 0 unspecified atom stereocenters. The van der Waals surface area contributed by atoms with Crippen molar-refractivity contribution in [3.8, 4) is 17.1 Å². The lowest BCUT2D eigenvalue weighted by molar-refractivity contribution is -0.117. The summed E-state index contributed by atoms with van der Waals surface area (Å²) in [7, 11) is 1.64. The third-order valence-electron chi connectivity index (χ3n) is 3.84. The summed E-state index contributed by atoms with van der Waals surface area (Å²) in [6.07, 6.45) is 3.06. The monoisotopic (exact) mass is 371 g/mol. The van der Waals surface area contributed by atoms with Gasteiger partial charge in [-0.2, -0.15) is 0 Å². The summed E-state index contributed by atoms with van der Waals surface area (Å²) < 4.78 is 12.9. The number of furan rings is 1. The van der Waals surface area contributed by atoms with Crippen LogP contribution in [0.1, 0.15) is 25.5 Å². The van der Waals surface area contributed by atoms with Gasteiger partial charge in [0.25, 0.3) is 0 Å². The van der Waals surface area contributed by atoms with Gasteiger partial charge in [-0.05, 0) is 37.6 Å². The van der Waals surface area contributed by atoms with E-state index < -0.39 is 0 Å². The molecule has 6 nitrogen and oxygen atoms in total. The summed E-state index contributed by atoms with van der Waals surface area (Å²) in [6, 6.07) is 11.5. The van der Waals surface area contributed by atoms with Gasteiger partial charge in [0.1, 0.15) is 17.3 Å². The molecule has 1 aromatic carbocycles. The molecule has 0 fully saturated rings. The molecule has 0 saturated heterocycles. The fraction of sp³-hybridized carbons (Fsp3) is 0.316. The predicted molar refractivity (Wildman–Crippen MR) is 100 cm³/mol. The number of nitrogens with zero attached hydrogens (tertiary/aromatic N) is 3. The van der Waals surface area contributed by atoms with Gasteiger partial charge in [-0.3, -0.25) is 4.57 Å². The SMILES string of the molecule is COc1cccc(-c2nnc(SCCCC(C)=O)n2Cc2ccco2)c1. The molecule has 0 saturated carbocycles. The van der Waals surface area contributed by atoms with Crippen molar-refractivity contribution in [2.45, 2.75) is 31.5 Å². The van der Waals surface area contributed by atoms with E-state index in [2.05, 4.69) is 10.2 Å². The molecule has 0 aliphatic rings. The molecule has 2 aromatic heterocycles. The molecule has 136 valence electrons. The van der Waals surface area contributed by atoms with E-state index in [9.17, 15) is 4.79 Å². The summed E-state index contributed by atoms with van der Waals surface area (Å²) in [4.78, 5) is 11.1. The van der Waals surface area contributed by atoms with Crippen molar-refractivity contribution in [2.75, 3.05) is 12.9 Å². The van der Waals surface area contributed by atoms with Crippen LogP contribution in [0, 0.1) is 0 Å². The Balaban J connectivity index is 1.86. The molecule has 0 spiro atoms. The van der Waals surface area contributed by atoms with E-state index in [0.717, 1.165) is 40.2 Å². The van der Waals surface area contributed by atoms with Gasteiger partial charge in [-0.15, -0.1) is 10.2 Å². The molecule has 7 heteroatoms. The average molecular weight is 371 g/mol. The third kappa shape index (κ3) is 4.54. The number of hydrogen-bond donors (Lipinski definition) is 0. The molecule has 0 radical (unpaired) electrons. The number of benzene rings is 1. The zero-order valence-electron chi connectivity index (χ0n) is 14.8. The Morgan fingerprint density at radius 2 is 2.15 bits per heavy atom. The van der Waals surface area contributed by atoms with Crippen LogP contribution >= 0.6 is 11.8 Å². The lowest BCUT2D eigenvalue weighted by Crippen LogP contribution is -2.04. The van der Waals surface area contributed by atoms with Crippen LogP contribution in [0.25, 0.3) is 11.4 Å². The van der Waals surface area contributed by atoms with Crippen LogP contribution in [-0.4, -0.2) is 33.4 Å². The Kier molecular flexibility index (Phi) is 6.12. The number of rotatable bonds is 9. The summed E-state index contributed by atoms with van der Waals surface area (Å²) in [5.74, 6) is 3.38. The Labute approximate surface area is 156 Å². The fourth-order valence-corrected chi connectivity index (χ4v) is 3.43. The number of ketones is 1. The lowest BCUT2D eigenvalue weighted by atomic mass is 10.2. The average Bonchev–Trinajstić information content (AvgIpc) is 3.29. The molecule has 0 aliphatic carbocycles. The van der Waals surface area contributed by atoms with Crippen LogP contribution < -0.4 is 4.74 Å². The molecular formula is C19H21N3O3S. The van der Waals surface area contributed by atoms with Gasteiger partial charge in [0, 0.05) is 17.7 Å². The third-order valence-corrected chi connectivity index (χ3v) is 4.90. The first kappa shape index (κ1) is 18.3. The molecule has 2 heterocycles. The molecule has 0 aliphatic heterocycles. The number of thioether (sulfide) groups is 1. The second-order valence-electron chi connectivity index (χ2n) is 5.86. The topological polar surface area (TPSA) is 70.2 Å². The van der Waals surface area contributed by atoms with Gasteiger partial charge in [0.2, 0.25) is 0 Å². The lowest BCUT2D eigenvalue weighted by Gasteiger charge is -2.09. The predicted octanol–water partition coefficient (Wildman–Crippen LogP) is 4.06. The smallest absolute Gasteiger partial charge is 0.191 e. The molecule has 0 atom stereocenters. The minimum atomic E-state index is 0.208. The Morgan fingerprint density at radius 3 is 2.88 bits per heavy atom. The van der Waals surface area contributed by atoms with Crippen LogP contribution in [0.4, 0.5) is 0 Å². The van der Waals surface area contributed by atoms with Gasteiger partial charge in [0.15, 0.2) is 11.0 Å². The van der Waals surface area contributed by atoms with E-state index in [0.29, 0.717) is 13.0 Å². The molecule has 0 amide bonds. The van der Waals surface area contributed by atoms with Crippen LogP contribution in [0.2, 0.25) is 0 Å². The number of methoxy groups -OCH3 is 1. The van der Waals surface area contributed by atoms with E-state index in [4.69, 9.17) is 9.15 Å².